The topological polar surface area (TPSA) is 102 Å². The summed E-state index contributed by atoms with van der Waals surface area (Å²) in [6, 6.07) is 4.17. The molecule has 2 saturated heterocycles. The molecule has 0 aliphatic carbocycles. The molecule has 1 unspecified atom stereocenters. The molecule has 33 heavy (non-hydrogen) atoms. The van der Waals surface area contributed by atoms with Crippen LogP contribution in [0.3, 0.4) is 0 Å². The molecule has 0 spiro atoms. The van der Waals surface area contributed by atoms with Crippen LogP contribution in [0.15, 0.2) is 42.2 Å². The van der Waals surface area contributed by atoms with Crippen molar-refractivity contribution in [1.82, 2.24) is 18.4 Å². The van der Waals surface area contributed by atoms with E-state index in [1.165, 1.54) is 13.5 Å². The van der Waals surface area contributed by atoms with Crippen LogP contribution in [0, 0.1) is 5.82 Å². The van der Waals surface area contributed by atoms with E-state index in [9.17, 15) is 13.2 Å². The Morgan fingerprint density at radius 2 is 1.94 bits per heavy atom. The number of allylic oxidation sites excluding steroid dienone is 2. The van der Waals surface area contributed by atoms with Gasteiger partial charge >= 0.3 is 6.03 Å². The zero-order chi connectivity index (χ0) is 23.8. The van der Waals surface area contributed by atoms with Gasteiger partial charge in [0.25, 0.3) is 10.2 Å². The van der Waals surface area contributed by atoms with Crippen molar-refractivity contribution < 1.29 is 17.6 Å². The van der Waals surface area contributed by atoms with E-state index in [4.69, 9.17) is 5.73 Å². The first-order valence-corrected chi connectivity index (χ1v) is 12.6. The summed E-state index contributed by atoms with van der Waals surface area (Å²) in [6.45, 7) is 6.59. The Balaban J connectivity index is 1.45. The average molecular weight is 479 g/mol. The fourth-order valence-electron chi connectivity index (χ4n) is 4.36. The number of hydrogen-bond acceptors (Lipinski definition) is 5. The van der Waals surface area contributed by atoms with Crippen molar-refractivity contribution in [1.29, 1.82) is 0 Å². The summed E-state index contributed by atoms with van der Waals surface area (Å²) < 4.78 is 43.8. The number of piperazine rings is 1. The van der Waals surface area contributed by atoms with Crippen LogP contribution in [-0.4, -0.2) is 77.7 Å². The molecule has 9 nitrogen and oxygen atoms in total. The third-order valence-electron chi connectivity index (χ3n) is 6.46. The summed E-state index contributed by atoms with van der Waals surface area (Å²) in [7, 11) is -3.40. The molecule has 0 bridgehead atoms. The summed E-state index contributed by atoms with van der Waals surface area (Å²) >= 11 is 0. The minimum Gasteiger partial charge on any atom is -0.351 e. The standard InChI is InChI=1S/C22H31FN6O3S/c1-16-6-3-9-20(29(16)22(24)30)25-19-8-4-7-18(21(19)23)15-26-12-13-28(14-17(26)2)33(31,32)27-10-5-11-27/h3-4,6-9,16-17,25H,5,10-15H2,1-2H3,(H2,24,30)/t16?,17-/m0/s1. The molecule has 2 atom stereocenters. The SMILES string of the molecule is CC1C=CC=C(Nc2cccc(CN3CCN(S(=O)(=O)N4CCC4)C[C@@H]3C)c2F)N1C(N)=O. The zero-order valence-electron chi connectivity index (χ0n) is 18.9. The van der Waals surface area contributed by atoms with E-state index in [0.717, 1.165) is 6.42 Å². The van der Waals surface area contributed by atoms with Crippen molar-refractivity contribution in [3.8, 4) is 0 Å². The molecule has 180 valence electrons. The van der Waals surface area contributed by atoms with Crippen LogP contribution in [0.5, 0.6) is 0 Å². The first-order valence-electron chi connectivity index (χ1n) is 11.2. The number of nitrogens with one attached hydrogen (secondary N) is 1. The Morgan fingerprint density at radius 1 is 1.18 bits per heavy atom. The number of rotatable bonds is 6. The molecule has 0 aromatic heterocycles. The monoisotopic (exact) mass is 478 g/mol. The minimum atomic E-state index is -3.40. The van der Waals surface area contributed by atoms with Crippen molar-refractivity contribution >= 4 is 21.9 Å². The van der Waals surface area contributed by atoms with E-state index in [2.05, 4.69) is 10.2 Å². The number of halogens is 1. The lowest BCUT2D eigenvalue weighted by Crippen LogP contribution is -2.58. The van der Waals surface area contributed by atoms with Gasteiger partial charge in [0, 0.05) is 50.9 Å². The number of carbonyl (C=O) groups excluding carboxylic acids is 1. The molecule has 3 heterocycles. The van der Waals surface area contributed by atoms with Crippen molar-refractivity contribution in [3.05, 3.63) is 53.6 Å². The molecule has 2 amide bonds. The number of nitrogens with two attached hydrogens (primary N) is 1. The fourth-order valence-corrected chi connectivity index (χ4v) is 6.12. The highest BCUT2D eigenvalue weighted by molar-refractivity contribution is 7.86. The molecule has 3 N–H and O–H groups in total. The van der Waals surface area contributed by atoms with Crippen LogP contribution in [-0.2, 0) is 16.8 Å². The first kappa shape index (κ1) is 23.7. The van der Waals surface area contributed by atoms with Crippen molar-refractivity contribution in [2.24, 2.45) is 5.73 Å². The number of benzene rings is 1. The normalized spacial score (nSPS) is 24.9. The molecule has 2 fully saturated rings. The number of urea groups is 1. The second kappa shape index (κ2) is 9.41. The largest absolute Gasteiger partial charge is 0.351 e. The van der Waals surface area contributed by atoms with Gasteiger partial charge in [0.05, 0.1) is 11.7 Å². The van der Waals surface area contributed by atoms with Gasteiger partial charge in [0.15, 0.2) is 5.82 Å². The Kier molecular flexibility index (Phi) is 6.76. The number of nitrogens with zero attached hydrogens (tertiary/aromatic N) is 4. The van der Waals surface area contributed by atoms with Crippen LogP contribution in [0.1, 0.15) is 25.8 Å². The third-order valence-corrected chi connectivity index (χ3v) is 8.46. The van der Waals surface area contributed by atoms with E-state index >= 15 is 4.39 Å². The van der Waals surface area contributed by atoms with E-state index < -0.39 is 22.1 Å². The van der Waals surface area contributed by atoms with Gasteiger partial charge in [-0.2, -0.15) is 17.0 Å². The van der Waals surface area contributed by atoms with Gasteiger partial charge in [0.2, 0.25) is 0 Å². The maximum Gasteiger partial charge on any atom is 0.320 e. The molecule has 0 radical (unpaired) electrons. The molecule has 4 rings (SSSR count). The summed E-state index contributed by atoms with van der Waals surface area (Å²) in [5.41, 5.74) is 6.25. The smallest absolute Gasteiger partial charge is 0.320 e. The fraction of sp³-hybridized carbons (Fsp3) is 0.500. The number of amides is 2. The predicted octanol–water partition coefficient (Wildman–Crippen LogP) is 1.87. The van der Waals surface area contributed by atoms with Crippen LogP contribution in [0.25, 0.3) is 0 Å². The van der Waals surface area contributed by atoms with E-state index in [0.29, 0.717) is 50.7 Å². The van der Waals surface area contributed by atoms with Crippen LogP contribution in [0.2, 0.25) is 0 Å². The lowest BCUT2D eigenvalue weighted by Gasteiger charge is -2.42. The lowest BCUT2D eigenvalue weighted by molar-refractivity contribution is 0.114. The second-order valence-electron chi connectivity index (χ2n) is 8.73. The molecular weight excluding hydrogens is 447 g/mol. The molecule has 11 heteroatoms. The van der Waals surface area contributed by atoms with Gasteiger partial charge in [0.1, 0.15) is 5.82 Å². The first-order chi connectivity index (χ1) is 15.7. The van der Waals surface area contributed by atoms with Crippen molar-refractivity contribution in [2.75, 3.05) is 38.0 Å². The highest BCUT2D eigenvalue weighted by Crippen LogP contribution is 2.26. The van der Waals surface area contributed by atoms with Gasteiger partial charge in [-0.25, -0.2) is 9.18 Å². The number of carbonyl (C=O) groups is 1. The number of primary amides is 1. The number of hydrogen-bond donors (Lipinski definition) is 2. The van der Waals surface area contributed by atoms with Gasteiger partial charge in [-0.15, -0.1) is 0 Å². The molecule has 0 saturated carbocycles. The molecule has 1 aromatic carbocycles. The van der Waals surface area contributed by atoms with Crippen LogP contribution in [0.4, 0.5) is 14.9 Å². The maximum atomic E-state index is 15.4. The van der Waals surface area contributed by atoms with E-state index in [1.54, 1.807) is 30.4 Å². The Labute approximate surface area is 194 Å². The highest BCUT2D eigenvalue weighted by atomic mass is 32.2. The van der Waals surface area contributed by atoms with Gasteiger partial charge in [-0.05, 0) is 32.4 Å². The summed E-state index contributed by atoms with van der Waals surface area (Å²) in [5.74, 6) is -0.000380. The van der Waals surface area contributed by atoms with Crippen LogP contribution >= 0.6 is 0 Å². The zero-order valence-corrected chi connectivity index (χ0v) is 19.8. The summed E-state index contributed by atoms with van der Waals surface area (Å²) in [4.78, 5) is 15.3. The minimum absolute atomic E-state index is 0.0526. The number of anilines is 1. The average Bonchev–Trinajstić information content (AvgIpc) is 2.70. The Bertz CT molecular complexity index is 1070. The Hall–Kier alpha value is -2.47. The summed E-state index contributed by atoms with van der Waals surface area (Å²) in [6.07, 6.45) is 6.20. The summed E-state index contributed by atoms with van der Waals surface area (Å²) in [5, 5.41) is 3.00. The lowest BCUT2D eigenvalue weighted by atomic mass is 10.1. The quantitative estimate of drug-likeness (QED) is 0.650. The van der Waals surface area contributed by atoms with Gasteiger partial charge in [-0.1, -0.05) is 24.3 Å². The second-order valence-corrected chi connectivity index (χ2v) is 10.7. The van der Waals surface area contributed by atoms with Gasteiger partial charge in [-0.3, -0.25) is 9.80 Å². The predicted molar refractivity (Wildman–Crippen MR) is 125 cm³/mol. The molecular formula is C22H31FN6O3S. The molecule has 3 aliphatic heterocycles. The van der Waals surface area contributed by atoms with Crippen molar-refractivity contribution in [2.45, 2.75) is 38.9 Å². The van der Waals surface area contributed by atoms with E-state index in [-0.39, 0.29) is 17.8 Å². The van der Waals surface area contributed by atoms with Crippen molar-refractivity contribution in [3.63, 3.8) is 0 Å². The Morgan fingerprint density at radius 3 is 2.58 bits per heavy atom. The highest BCUT2D eigenvalue weighted by Gasteiger charge is 2.37. The molecule has 3 aliphatic rings. The molecule has 1 aromatic rings. The van der Waals surface area contributed by atoms with E-state index in [1.807, 2.05) is 19.9 Å². The van der Waals surface area contributed by atoms with Gasteiger partial charge < -0.3 is 11.1 Å². The third kappa shape index (κ3) is 4.77. The maximum absolute atomic E-state index is 15.4. The van der Waals surface area contributed by atoms with Crippen LogP contribution < -0.4 is 11.1 Å².